The molecule has 1 aromatic heterocycles. The van der Waals surface area contributed by atoms with E-state index in [1.54, 1.807) is 6.92 Å². The summed E-state index contributed by atoms with van der Waals surface area (Å²) in [6.45, 7) is 2.25. The number of rotatable bonds is 3. The second-order valence-electron chi connectivity index (χ2n) is 2.11. The first kappa shape index (κ1) is 7.78. The number of hydrogen-bond donors (Lipinski definition) is 1. The molecule has 0 aromatic carbocycles. The molecule has 0 radical (unpaired) electrons. The Morgan fingerprint density at radius 3 is 3.18 bits per heavy atom. The molecular weight excluding hydrogens is 144 g/mol. The maximum atomic E-state index is 10.7. The third-order valence-electron chi connectivity index (χ3n) is 1.27. The summed E-state index contributed by atoms with van der Waals surface area (Å²) in [6.07, 6.45) is 3.35. The SMILES string of the molecule is CCC(=O)NCc1cocn1. The average Bonchev–Trinajstić information content (AvgIpc) is 2.52. The monoisotopic (exact) mass is 154 g/mol. The van der Waals surface area contributed by atoms with E-state index in [4.69, 9.17) is 4.42 Å². The zero-order valence-corrected chi connectivity index (χ0v) is 6.33. The van der Waals surface area contributed by atoms with E-state index in [1.807, 2.05) is 0 Å². The van der Waals surface area contributed by atoms with Gasteiger partial charge in [-0.05, 0) is 0 Å². The summed E-state index contributed by atoms with van der Waals surface area (Å²) in [4.78, 5) is 14.6. The number of nitrogens with one attached hydrogen (secondary N) is 1. The van der Waals surface area contributed by atoms with Crippen LogP contribution in [0.15, 0.2) is 17.1 Å². The summed E-state index contributed by atoms with van der Waals surface area (Å²) in [5.41, 5.74) is 0.742. The van der Waals surface area contributed by atoms with Gasteiger partial charge in [-0.1, -0.05) is 6.92 Å². The molecule has 0 aliphatic carbocycles. The molecule has 1 aromatic rings. The molecule has 0 aliphatic rings. The fourth-order valence-corrected chi connectivity index (χ4v) is 0.639. The van der Waals surface area contributed by atoms with Crippen LogP contribution in [-0.4, -0.2) is 10.9 Å². The molecule has 4 nitrogen and oxygen atoms in total. The van der Waals surface area contributed by atoms with Gasteiger partial charge < -0.3 is 9.73 Å². The minimum atomic E-state index is 0.0213. The molecule has 1 rings (SSSR count). The topological polar surface area (TPSA) is 55.1 Å². The van der Waals surface area contributed by atoms with Crippen molar-refractivity contribution in [3.63, 3.8) is 0 Å². The first-order valence-electron chi connectivity index (χ1n) is 3.46. The Balaban J connectivity index is 2.29. The van der Waals surface area contributed by atoms with E-state index in [0.717, 1.165) is 5.69 Å². The number of aromatic nitrogens is 1. The lowest BCUT2D eigenvalue weighted by atomic mass is 10.4. The lowest BCUT2D eigenvalue weighted by Crippen LogP contribution is -2.21. The van der Waals surface area contributed by atoms with Gasteiger partial charge in [0.05, 0.1) is 12.2 Å². The van der Waals surface area contributed by atoms with Gasteiger partial charge in [-0.15, -0.1) is 0 Å². The maximum absolute atomic E-state index is 10.7. The number of carbonyl (C=O) groups excluding carboxylic acids is 1. The number of oxazole rings is 1. The number of nitrogens with zero attached hydrogens (tertiary/aromatic N) is 1. The second-order valence-corrected chi connectivity index (χ2v) is 2.11. The van der Waals surface area contributed by atoms with Crippen LogP contribution in [0.5, 0.6) is 0 Å². The highest BCUT2D eigenvalue weighted by Gasteiger charge is 1.98. The van der Waals surface area contributed by atoms with Crippen LogP contribution >= 0.6 is 0 Å². The Kier molecular flexibility index (Phi) is 2.66. The Labute approximate surface area is 64.6 Å². The molecule has 0 saturated carbocycles. The van der Waals surface area contributed by atoms with Gasteiger partial charge in [-0.2, -0.15) is 0 Å². The molecule has 1 N–H and O–H groups in total. The van der Waals surface area contributed by atoms with Gasteiger partial charge in [-0.3, -0.25) is 4.79 Å². The van der Waals surface area contributed by atoms with Crippen LogP contribution in [0.25, 0.3) is 0 Å². The number of amides is 1. The summed E-state index contributed by atoms with van der Waals surface area (Å²) in [5.74, 6) is 0.0213. The predicted octanol–water partition coefficient (Wildman–Crippen LogP) is 0.701. The summed E-state index contributed by atoms with van der Waals surface area (Å²) in [5, 5.41) is 2.67. The quantitative estimate of drug-likeness (QED) is 0.697. The fourth-order valence-electron chi connectivity index (χ4n) is 0.639. The van der Waals surface area contributed by atoms with Gasteiger partial charge in [0.15, 0.2) is 6.39 Å². The van der Waals surface area contributed by atoms with E-state index in [2.05, 4.69) is 10.3 Å². The first-order chi connectivity index (χ1) is 5.33. The highest BCUT2D eigenvalue weighted by molar-refractivity contribution is 5.75. The van der Waals surface area contributed by atoms with Crippen molar-refractivity contribution in [3.05, 3.63) is 18.4 Å². The van der Waals surface area contributed by atoms with Crippen LogP contribution in [0.2, 0.25) is 0 Å². The van der Waals surface area contributed by atoms with Crippen LogP contribution in [0.1, 0.15) is 19.0 Å². The summed E-state index contributed by atoms with van der Waals surface area (Å²) >= 11 is 0. The minimum absolute atomic E-state index is 0.0213. The zero-order chi connectivity index (χ0) is 8.10. The molecule has 60 valence electrons. The van der Waals surface area contributed by atoms with Crippen molar-refractivity contribution in [2.24, 2.45) is 0 Å². The molecular formula is C7H10N2O2. The fraction of sp³-hybridized carbons (Fsp3) is 0.429. The van der Waals surface area contributed by atoms with E-state index < -0.39 is 0 Å². The standard InChI is InChI=1S/C7H10N2O2/c1-2-7(10)8-3-6-4-11-5-9-6/h4-5H,2-3H2,1H3,(H,8,10). The van der Waals surface area contributed by atoms with E-state index in [1.165, 1.54) is 12.7 Å². The van der Waals surface area contributed by atoms with Crippen molar-refractivity contribution in [1.82, 2.24) is 10.3 Å². The van der Waals surface area contributed by atoms with Crippen molar-refractivity contribution < 1.29 is 9.21 Å². The van der Waals surface area contributed by atoms with E-state index >= 15 is 0 Å². The van der Waals surface area contributed by atoms with Gasteiger partial charge in [0.25, 0.3) is 0 Å². The summed E-state index contributed by atoms with van der Waals surface area (Å²) in [6, 6.07) is 0. The van der Waals surface area contributed by atoms with Gasteiger partial charge in [0.1, 0.15) is 6.26 Å². The van der Waals surface area contributed by atoms with Crippen LogP contribution in [-0.2, 0) is 11.3 Å². The molecule has 0 unspecified atom stereocenters. The van der Waals surface area contributed by atoms with E-state index in [9.17, 15) is 4.79 Å². The molecule has 4 heteroatoms. The van der Waals surface area contributed by atoms with E-state index in [0.29, 0.717) is 13.0 Å². The van der Waals surface area contributed by atoms with Crippen LogP contribution in [0, 0.1) is 0 Å². The molecule has 0 fully saturated rings. The van der Waals surface area contributed by atoms with Crippen molar-refractivity contribution in [1.29, 1.82) is 0 Å². The zero-order valence-electron chi connectivity index (χ0n) is 6.33. The Hall–Kier alpha value is -1.32. The van der Waals surface area contributed by atoms with Gasteiger partial charge in [-0.25, -0.2) is 4.98 Å². The minimum Gasteiger partial charge on any atom is -0.451 e. The van der Waals surface area contributed by atoms with E-state index in [-0.39, 0.29) is 5.91 Å². The molecule has 1 heterocycles. The number of hydrogen-bond acceptors (Lipinski definition) is 3. The second kappa shape index (κ2) is 3.75. The van der Waals surface area contributed by atoms with Crippen LogP contribution in [0.4, 0.5) is 0 Å². The summed E-state index contributed by atoms with van der Waals surface area (Å²) < 4.78 is 4.72. The third-order valence-corrected chi connectivity index (χ3v) is 1.27. The lowest BCUT2D eigenvalue weighted by molar-refractivity contribution is -0.120. The van der Waals surface area contributed by atoms with Crippen molar-refractivity contribution >= 4 is 5.91 Å². The van der Waals surface area contributed by atoms with Gasteiger partial charge in [0, 0.05) is 6.42 Å². The normalized spacial score (nSPS) is 9.55. The molecule has 0 saturated heterocycles. The Bertz CT molecular complexity index is 218. The van der Waals surface area contributed by atoms with Gasteiger partial charge in [0.2, 0.25) is 5.91 Å². The van der Waals surface area contributed by atoms with Crippen LogP contribution in [0.3, 0.4) is 0 Å². The molecule has 0 atom stereocenters. The molecule has 0 aliphatic heterocycles. The van der Waals surface area contributed by atoms with Crippen LogP contribution < -0.4 is 5.32 Å². The third kappa shape index (κ3) is 2.41. The predicted molar refractivity (Wildman–Crippen MR) is 38.6 cm³/mol. The largest absolute Gasteiger partial charge is 0.451 e. The smallest absolute Gasteiger partial charge is 0.220 e. The summed E-state index contributed by atoms with van der Waals surface area (Å²) in [7, 11) is 0. The van der Waals surface area contributed by atoms with Crippen molar-refractivity contribution in [2.45, 2.75) is 19.9 Å². The highest BCUT2D eigenvalue weighted by Crippen LogP contribution is 1.92. The Morgan fingerprint density at radius 2 is 2.64 bits per heavy atom. The number of carbonyl (C=O) groups is 1. The average molecular weight is 154 g/mol. The highest BCUT2D eigenvalue weighted by atomic mass is 16.3. The lowest BCUT2D eigenvalue weighted by Gasteiger charge is -1.97. The van der Waals surface area contributed by atoms with Gasteiger partial charge >= 0.3 is 0 Å². The molecule has 0 bridgehead atoms. The molecule has 1 amide bonds. The van der Waals surface area contributed by atoms with Crippen molar-refractivity contribution in [3.8, 4) is 0 Å². The molecule has 11 heavy (non-hydrogen) atoms. The van der Waals surface area contributed by atoms with Crippen molar-refractivity contribution in [2.75, 3.05) is 0 Å². The molecule has 0 spiro atoms. The Morgan fingerprint density at radius 1 is 1.82 bits per heavy atom. The maximum Gasteiger partial charge on any atom is 0.220 e. The first-order valence-corrected chi connectivity index (χ1v) is 3.46.